The molecule has 1 amide bonds. The highest BCUT2D eigenvalue weighted by Gasteiger charge is 2.48. The predicted molar refractivity (Wildman–Crippen MR) is 77.0 cm³/mol. The third kappa shape index (κ3) is 2.20. The van der Waals surface area contributed by atoms with Gasteiger partial charge in [-0.1, -0.05) is 12.8 Å². The second-order valence-electron chi connectivity index (χ2n) is 7.00. The number of hydrogen-bond acceptors (Lipinski definition) is 2. The monoisotopic (exact) mass is 264 g/mol. The summed E-state index contributed by atoms with van der Waals surface area (Å²) in [5, 5.41) is 0. The van der Waals surface area contributed by atoms with Crippen molar-refractivity contribution in [2.24, 2.45) is 0 Å². The van der Waals surface area contributed by atoms with E-state index in [4.69, 9.17) is 0 Å². The highest BCUT2D eigenvalue weighted by molar-refractivity contribution is 5.78. The molecule has 2 atom stereocenters. The number of amides is 1. The molecule has 3 aliphatic rings. The van der Waals surface area contributed by atoms with Crippen LogP contribution in [0.4, 0.5) is 0 Å². The van der Waals surface area contributed by atoms with Gasteiger partial charge in [-0.05, 0) is 52.0 Å². The van der Waals surface area contributed by atoms with Crippen LogP contribution in [0, 0.1) is 0 Å². The van der Waals surface area contributed by atoms with Crippen LogP contribution in [0.1, 0.15) is 64.7 Å². The van der Waals surface area contributed by atoms with Crippen LogP contribution in [-0.2, 0) is 4.79 Å². The Labute approximate surface area is 117 Å². The van der Waals surface area contributed by atoms with E-state index in [9.17, 15) is 4.79 Å². The van der Waals surface area contributed by atoms with Crippen molar-refractivity contribution in [2.45, 2.75) is 82.3 Å². The fourth-order valence-electron chi connectivity index (χ4n) is 4.71. The van der Waals surface area contributed by atoms with Gasteiger partial charge in [-0.2, -0.15) is 0 Å². The van der Waals surface area contributed by atoms with Gasteiger partial charge in [-0.15, -0.1) is 0 Å². The molecule has 1 saturated carbocycles. The minimum absolute atomic E-state index is 0.0778. The quantitative estimate of drug-likeness (QED) is 0.727. The van der Waals surface area contributed by atoms with Crippen LogP contribution in [0.2, 0.25) is 0 Å². The van der Waals surface area contributed by atoms with Gasteiger partial charge in [0.25, 0.3) is 0 Å². The van der Waals surface area contributed by atoms with Gasteiger partial charge in [-0.25, -0.2) is 0 Å². The number of rotatable bonds is 1. The molecule has 3 heteroatoms. The first-order valence-corrected chi connectivity index (χ1v) is 8.15. The topological polar surface area (TPSA) is 23.6 Å². The molecule has 1 aliphatic carbocycles. The lowest BCUT2D eigenvalue weighted by Crippen LogP contribution is -2.64. The standard InChI is InChI=1S/C16H28N2O/c1-16-11-5-6-12-18(13-7-3-4-8-13)14(16)9-10-15(19)17(16)2/h13-14H,3-12H2,1-2H3/t14-,16-/m0/s1. The first-order chi connectivity index (χ1) is 9.13. The summed E-state index contributed by atoms with van der Waals surface area (Å²) in [7, 11) is 2.03. The normalized spacial score (nSPS) is 38.3. The highest BCUT2D eigenvalue weighted by atomic mass is 16.2. The molecular weight excluding hydrogens is 236 g/mol. The Balaban J connectivity index is 1.87. The smallest absolute Gasteiger partial charge is 0.222 e. The zero-order valence-corrected chi connectivity index (χ0v) is 12.5. The average Bonchev–Trinajstić information content (AvgIpc) is 2.86. The minimum Gasteiger partial charge on any atom is -0.339 e. The molecular formula is C16H28N2O. The zero-order valence-electron chi connectivity index (χ0n) is 12.5. The number of piperidine rings is 1. The highest BCUT2D eigenvalue weighted by Crippen LogP contribution is 2.40. The number of nitrogens with zero attached hydrogens (tertiary/aromatic N) is 2. The van der Waals surface area contributed by atoms with E-state index in [1.54, 1.807) is 0 Å². The Morgan fingerprint density at radius 2 is 1.84 bits per heavy atom. The van der Waals surface area contributed by atoms with E-state index in [0.29, 0.717) is 11.9 Å². The number of likely N-dealkylation sites (N-methyl/N-ethyl adjacent to an activating group) is 1. The minimum atomic E-state index is 0.0778. The second kappa shape index (κ2) is 5.08. The van der Waals surface area contributed by atoms with E-state index >= 15 is 0 Å². The van der Waals surface area contributed by atoms with Crippen LogP contribution in [0.3, 0.4) is 0 Å². The molecule has 2 aliphatic heterocycles. The summed E-state index contributed by atoms with van der Waals surface area (Å²) in [5.41, 5.74) is 0.0778. The van der Waals surface area contributed by atoms with Crippen molar-refractivity contribution < 1.29 is 4.79 Å². The Bertz CT molecular complexity index is 351. The average molecular weight is 264 g/mol. The molecule has 0 unspecified atom stereocenters. The lowest BCUT2D eigenvalue weighted by atomic mass is 9.79. The van der Waals surface area contributed by atoms with E-state index in [2.05, 4.69) is 16.7 Å². The first kappa shape index (κ1) is 13.4. The van der Waals surface area contributed by atoms with Crippen molar-refractivity contribution in [3.05, 3.63) is 0 Å². The number of hydrogen-bond donors (Lipinski definition) is 0. The van der Waals surface area contributed by atoms with Crippen molar-refractivity contribution in [1.82, 2.24) is 9.80 Å². The predicted octanol–water partition coefficient (Wildman–Crippen LogP) is 2.79. The van der Waals surface area contributed by atoms with Gasteiger partial charge < -0.3 is 4.90 Å². The largest absolute Gasteiger partial charge is 0.339 e. The molecule has 0 aromatic rings. The molecule has 108 valence electrons. The van der Waals surface area contributed by atoms with Crippen LogP contribution in [0.5, 0.6) is 0 Å². The van der Waals surface area contributed by atoms with Crippen LogP contribution in [0.25, 0.3) is 0 Å². The van der Waals surface area contributed by atoms with Crippen molar-refractivity contribution in [3.63, 3.8) is 0 Å². The Morgan fingerprint density at radius 1 is 1.11 bits per heavy atom. The fraction of sp³-hybridized carbons (Fsp3) is 0.938. The van der Waals surface area contributed by atoms with E-state index in [0.717, 1.165) is 18.9 Å². The summed E-state index contributed by atoms with van der Waals surface area (Å²) in [4.78, 5) is 17.0. The maximum absolute atomic E-state index is 12.1. The lowest BCUT2D eigenvalue weighted by molar-refractivity contribution is -0.145. The summed E-state index contributed by atoms with van der Waals surface area (Å²) in [6.45, 7) is 3.59. The Hall–Kier alpha value is -0.570. The van der Waals surface area contributed by atoms with Gasteiger partial charge in [0.2, 0.25) is 5.91 Å². The molecule has 3 fully saturated rings. The molecule has 0 N–H and O–H groups in total. The summed E-state index contributed by atoms with van der Waals surface area (Å²) in [6, 6.07) is 1.39. The third-order valence-corrected chi connectivity index (χ3v) is 6.03. The number of carbonyl (C=O) groups is 1. The van der Waals surface area contributed by atoms with Gasteiger partial charge in [0.15, 0.2) is 0 Å². The van der Waals surface area contributed by atoms with Crippen LogP contribution >= 0.6 is 0 Å². The molecule has 3 nitrogen and oxygen atoms in total. The molecule has 3 rings (SSSR count). The van der Waals surface area contributed by atoms with Crippen LogP contribution < -0.4 is 0 Å². The number of likely N-dealkylation sites (tertiary alicyclic amines) is 2. The second-order valence-corrected chi connectivity index (χ2v) is 7.00. The molecule has 19 heavy (non-hydrogen) atoms. The van der Waals surface area contributed by atoms with E-state index in [-0.39, 0.29) is 5.54 Å². The van der Waals surface area contributed by atoms with Crippen LogP contribution in [-0.4, -0.2) is 46.9 Å². The molecule has 2 saturated heterocycles. The van der Waals surface area contributed by atoms with Crippen LogP contribution in [0.15, 0.2) is 0 Å². The van der Waals surface area contributed by atoms with E-state index in [1.807, 2.05) is 7.05 Å². The first-order valence-electron chi connectivity index (χ1n) is 8.15. The maximum Gasteiger partial charge on any atom is 0.222 e. The lowest BCUT2D eigenvalue weighted by Gasteiger charge is -2.52. The fourth-order valence-corrected chi connectivity index (χ4v) is 4.71. The maximum atomic E-state index is 12.1. The van der Waals surface area contributed by atoms with Gasteiger partial charge in [0, 0.05) is 25.6 Å². The summed E-state index contributed by atoms with van der Waals surface area (Å²) < 4.78 is 0. The molecule has 0 aromatic heterocycles. The van der Waals surface area contributed by atoms with Crippen molar-refractivity contribution in [2.75, 3.05) is 13.6 Å². The number of fused-ring (bicyclic) bond motifs is 1. The zero-order chi connectivity index (χ0) is 13.5. The van der Waals surface area contributed by atoms with Gasteiger partial charge >= 0.3 is 0 Å². The molecule has 0 radical (unpaired) electrons. The molecule has 0 spiro atoms. The van der Waals surface area contributed by atoms with Gasteiger partial charge in [0.05, 0.1) is 5.54 Å². The Morgan fingerprint density at radius 3 is 2.58 bits per heavy atom. The van der Waals surface area contributed by atoms with E-state index < -0.39 is 0 Å². The van der Waals surface area contributed by atoms with Gasteiger partial charge in [-0.3, -0.25) is 9.69 Å². The van der Waals surface area contributed by atoms with Crippen molar-refractivity contribution >= 4 is 5.91 Å². The summed E-state index contributed by atoms with van der Waals surface area (Å²) >= 11 is 0. The third-order valence-electron chi connectivity index (χ3n) is 6.03. The summed E-state index contributed by atoms with van der Waals surface area (Å²) in [6.07, 6.45) is 11.2. The molecule has 0 aromatic carbocycles. The summed E-state index contributed by atoms with van der Waals surface area (Å²) in [5.74, 6) is 0.354. The van der Waals surface area contributed by atoms with Gasteiger partial charge in [0.1, 0.15) is 0 Å². The molecule has 2 heterocycles. The number of carbonyl (C=O) groups excluding carboxylic acids is 1. The Kier molecular flexibility index (Phi) is 3.59. The van der Waals surface area contributed by atoms with E-state index in [1.165, 1.54) is 51.5 Å². The molecule has 0 bridgehead atoms. The van der Waals surface area contributed by atoms with Crippen molar-refractivity contribution in [1.29, 1.82) is 0 Å². The van der Waals surface area contributed by atoms with Crippen molar-refractivity contribution in [3.8, 4) is 0 Å². The SMILES string of the molecule is CN1C(=O)CC[C@@H]2N(C3CCCC3)CCCC[C@@]21C.